The predicted molar refractivity (Wildman–Crippen MR) is 37.8 cm³/mol. The van der Waals surface area contributed by atoms with E-state index in [2.05, 4.69) is 9.68 Å². The largest absolute Gasteiger partial charge is 0.441 e. The molecule has 1 aromatic heterocycles. The Morgan fingerprint density at radius 3 is 2.10 bits per heavy atom. The van der Waals surface area contributed by atoms with Crippen molar-refractivity contribution in [3.63, 3.8) is 0 Å². The monoisotopic (exact) mass is 144 g/mol. The molecule has 0 radical (unpaired) electrons. The Morgan fingerprint density at radius 1 is 1.50 bits per heavy atom. The minimum atomic E-state index is -0.414. The number of aromatic nitrogens is 2. The highest BCUT2D eigenvalue weighted by molar-refractivity contribution is 4.74. The summed E-state index contributed by atoms with van der Waals surface area (Å²) in [5, 5.41) is 3.39. The molecule has 0 unspecified atom stereocenters. The topological polar surface area (TPSA) is 48.0 Å². The molecular formula is C6H12N2O2. The van der Waals surface area contributed by atoms with Crippen LogP contribution in [0.3, 0.4) is 0 Å². The van der Waals surface area contributed by atoms with E-state index in [1.165, 1.54) is 4.57 Å². The fourth-order valence-electron chi connectivity index (χ4n) is 0.360. The summed E-state index contributed by atoms with van der Waals surface area (Å²) in [6.45, 7) is 5.70. The van der Waals surface area contributed by atoms with Gasteiger partial charge in [-0.3, -0.25) is 9.09 Å². The third kappa shape index (κ3) is 1.72. The smallest absolute Gasteiger partial charge is 0.296 e. The third-order valence-corrected chi connectivity index (χ3v) is 1.02. The first-order valence-electron chi connectivity index (χ1n) is 3.21. The Morgan fingerprint density at radius 2 is 2.00 bits per heavy atom. The van der Waals surface area contributed by atoms with Gasteiger partial charge >= 0.3 is 5.76 Å². The van der Waals surface area contributed by atoms with E-state index in [9.17, 15) is 4.79 Å². The molecule has 0 amide bonds. The molecule has 4 heteroatoms. The number of hydrogen-bond donors (Lipinski definition) is 0. The molecule has 4 nitrogen and oxygen atoms in total. The zero-order chi connectivity index (χ0) is 8.15. The van der Waals surface area contributed by atoms with Crippen LogP contribution in [0.25, 0.3) is 0 Å². The minimum Gasteiger partial charge on any atom is -0.296 e. The fourth-order valence-corrected chi connectivity index (χ4v) is 0.360. The van der Waals surface area contributed by atoms with Crippen LogP contribution in [0.5, 0.6) is 0 Å². The molecule has 1 aromatic rings. The molecule has 0 fully saturated rings. The van der Waals surface area contributed by atoms with Crippen LogP contribution in [-0.4, -0.2) is 9.72 Å². The number of nitrogens with zero attached hydrogens (tertiary/aromatic N) is 2. The van der Waals surface area contributed by atoms with Crippen molar-refractivity contribution >= 4 is 0 Å². The quantitative estimate of drug-likeness (QED) is 0.538. The van der Waals surface area contributed by atoms with E-state index in [-0.39, 0.29) is 0 Å². The van der Waals surface area contributed by atoms with Gasteiger partial charge in [0.15, 0.2) is 5.82 Å². The van der Waals surface area contributed by atoms with Crippen molar-refractivity contribution in [3.05, 3.63) is 16.4 Å². The van der Waals surface area contributed by atoms with Crippen LogP contribution in [0.4, 0.5) is 0 Å². The van der Waals surface area contributed by atoms with Gasteiger partial charge in [0.1, 0.15) is 0 Å². The van der Waals surface area contributed by atoms with Gasteiger partial charge in [0, 0.05) is 7.05 Å². The van der Waals surface area contributed by atoms with Crippen molar-refractivity contribution in [2.45, 2.75) is 20.8 Å². The van der Waals surface area contributed by atoms with Crippen molar-refractivity contribution in [2.24, 2.45) is 7.05 Å². The second-order valence-corrected chi connectivity index (χ2v) is 1.55. The van der Waals surface area contributed by atoms with E-state index in [1.807, 2.05) is 13.8 Å². The van der Waals surface area contributed by atoms with Crippen LogP contribution in [0.1, 0.15) is 19.7 Å². The average molecular weight is 144 g/mol. The maximum atomic E-state index is 10.4. The molecule has 1 heterocycles. The SMILES string of the molecule is CC.Cc1noc(=O)n1C. The van der Waals surface area contributed by atoms with E-state index in [0.717, 1.165) is 0 Å². The summed E-state index contributed by atoms with van der Waals surface area (Å²) in [6.07, 6.45) is 0. The van der Waals surface area contributed by atoms with Gasteiger partial charge in [-0.25, -0.2) is 4.79 Å². The molecule has 0 spiro atoms. The normalized spacial score (nSPS) is 8.40. The Labute approximate surface area is 59.5 Å². The first-order valence-corrected chi connectivity index (χ1v) is 3.21. The highest BCUT2D eigenvalue weighted by Gasteiger charge is 1.96. The number of aryl methyl sites for hydroxylation is 1. The second kappa shape index (κ2) is 3.87. The van der Waals surface area contributed by atoms with Crippen LogP contribution in [-0.2, 0) is 7.05 Å². The lowest BCUT2D eigenvalue weighted by molar-refractivity contribution is 0.377. The number of rotatable bonds is 0. The lowest BCUT2D eigenvalue weighted by Crippen LogP contribution is -2.09. The molecule has 0 N–H and O–H groups in total. The molecule has 0 aliphatic carbocycles. The lowest BCUT2D eigenvalue weighted by Gasteiger charge is -1.81. The Bertz CT molecular complexity index is 236. The summed E-state index contributed by atoms with van der Waals surface area (Å²) in [7, 11) is 1.61. The summed E-state index contributed by atoms with van der Waals surface area (Å²) in [5.41, 5.74) is 0. The maximum absolute atomic E-state index is 10.4. The standard InChI is InChI=1S/C4H6N2O2.C2H6/c1-3-5-8-4(7)6(3)2;1-2/h1-2H3;1-2H3. The molecule has 0 saturated carbocycles. The van der Waals surface area contributed by atoms with Gasteiger partial charge in [0.2, 0.25) is 0 Å². The first-order chi connectivity index (χ1) is 4.72. The Balaban J connectivity index is 0.000000371. The van der Waals surface area contributed by atoms with Crippen LogP contribution in [0, 0.1) is 6.92 Å². The van der Waals surface area contributed by atoms with Crippen molar-refractivity contribution in [3.8, 4) is 0 Å². The number of hydrogen-bond acceptors (Lipinski definition) is 3. The van der Waals surface area contributed by atoms with Gasteiger partial charge in [-0.15, -0.1) is 0 Å². The average Bonchev–Trinajstić information content (AvgIpc) is 2.25. The molecule has 0 bridgehead atoms. The van der Waals surface area contributed by atoms with Gasteiger partial charge in [-0.05, 0) is 6.92 Å². The summed E-state index contributed by atoms with van der Waals surface area (Å²) >= 11 is 0. The molecule has 1 rings (SSSR count). The van der Waals surface area contributed by atoms with Gasteiger partial charge < -0.3 is 0 Å². The van der Waals surface area contributed by atoms with Gasteiger partial charge in [0.05, 0.1) is 0 Å². The molecule has 0 saturated heterocycles. The Hall–Kier alpha value is -1.06. The fraction of sp³-hybridized carbons (Fsp3) is 0.667. The van der Waals surface area contributed by atoms with Crippen molar-refractivity contribution < 1.29 is 4.52 Å². The zero-order valence-corrected chi connectivity index (χ0v) is 6.71. The van der Waals surface area contributed by atoms with Crippen molar-refractivity contribution in [1.29, 1.82) is 0 Å². The summed E-state index contributed by atoms with van der Waals surface area (Å²) in [6, 6.07) is 0. The van der Waals surface area contributed by atoms with Gasteiger partial charge in [0.25, 0.3) is 0 Å². The third-order valence-electron chi connectivity index (χ3n) is 1.02. The van der Waals surface area contributed by atoms with E-state index in [4.69, 9.17) is 0 Å². The second-order valence-electron chi connectivity index (χ2n) is 1.55. The molecule has 0 atom stereocenters. The van der Waals surface area contributed by atoms with E-state index < -0.39 is 5.76 Å². The summed E-state index contributed by atoms with van der Waals surface area (Å²) < 4.78 is 5.59. The van der Waals surface area contributed by atoms with Crippen LogP contribution >= 0.6 is 0 Å². The molecule has 0 aromatic carbocycles. The zero-order valence-electron chi connectivity index (χ0n) is 6.71. The van der Waals surface area contributed by atoms with Crippen LogP contribution in [0.15, 0.2) is 9.32 Å². The summed E-state index contributed by atoms with van der Waals surface area (Å²) in [4.78, 5) is 10.4. The molecule has 58 valence electrons. The minimum absolute atomic E-state index is 0.414. The highest BCUT2D eigenvalue weighted by Crippen LogP contribution is 1.80. The Kier molecular flexibility index (Phi) is 3.46. The molecule has 0 aliphatic rings. The van der Waals surface area contributed by atoms with Crippen LogP contribution < -0.4 is 5.76 Å². The predicted octanol–water partition coefficient (Wildman–Crippen LogP) is 0.708. The van der Waals surface area contributed by atoms with Gasteiger partial charge in [-0.1, -0.05) is 19.0 Å². The summed E-state index contributed by atoms with van der Waals surface area (Å²) in [5.74, 6) is 0.178. The van der Waals surface area contributed by atoms with Crippen molar-refractivity contribution in [2.75, 3.05) is 0 Å². The molecule has 0 aliphatic heterocycles. The van der Waals surface area contributed by atoms with Crippen molar-refractivity contribution in [1.82, 2.24) is 9.72 Å². The van der Waals surface area contributed by atoms with E-state index in [1.54, 1.807) is 14.0 Å². The van der Waals surface area contributed by atoms with Gasteiger partial charge in [-0.2, -0.15) is 0 Å². The molecule has 10 heavy (non-hydrogen) atoms. The molecular weight excluding hydrogens is 132 g/mol. The van der Waals surface area contributed by atoms with E-state index in [0.29, 0.717) is 5.82 Å². The first kappa shape index (κ1) is 8.94. The lowest BCUT2D eigenvalue weighted by atomic mass is 10.7. The van der Waals surface area contributed by atoms with E-state index >= 15 is 0 Å². The maximum Gasteiger partial charge on any atom is 0.441 e. The highest BCUT2D eigenvalue weighted by atomic mass is 16.5. The van der Waals surface area contributed by atoms with Crippen LogP contribution in [0.2, 0.25) is 0 Å².